The Labute approximate surface area is 150 Å². The predicted octanol–water partition coefficient (Wildman–Crippen LogP) is 3.84. The quantitative estimate of drug-likeness (QED) is 0.862. The average Bonchev–Trinajstić information content (AvgIpc) is 2.94. The molecular formula is C19H28N6. The van der Waals surface area contributed by atoms with Gasteiger partial charge in [-0.3, -0.25) is 0 Å². The summed E-state index contributed by atoms with van der Waals surface area (Å²) < 4.78 is 0. The van der Waals surface area contributed by atoms with Crippen LogP contribution in [0.1, 0.15) is 39.5 Å². The maximum atomic E-state index is 4.65. The first-order valence-corrected chi connectivity index (χ1v) is 9.37. The molecule has 2 aromatic rings. The number of nitrogens with zero attached hydrogens (tertiary/aromatic N) is 5. The van der Waals surface area contributed by atoms with Gasteiger partial charge in [-0.15, -0.1) is 5.10 Å². The molecule has 1 aliphatic rings. The molecule has 134 valence electrons. The summed E-state index contributed by atoms with van der Waals surface area (Å²) in [6.07, 6.45) is 6.82. The number of hydrogen-bond donors (Lipinski definition) is 1. The molecule has 1 aliphatic heterocycles. The summed E-state index contributed by atoms with van der Waals surface area (Å²) in [5.74, 6) is 1.47. The summed E-state index contributed by atoms with van der Waals surface area (Å²) in [5, 5.41) is 11.5. The van der Waals surface area contributed by atoms with Gasteiger partial charge in [-0.1, -0.05) is 12.8 Å². The van der Waals surface area contributed by atoms with Crippen LogP contribution >= 0.6 is 0 Å². The fraction of sp³-hybridized carbons (Fsp3) is 0.526. The van der Waals surface area contributed by atoms with Crippen molar-refractivity contribution in [1.82, 2.24) is 15.2 Å². The Hall–Kier alpha value is -2.37. The van der Waals surface area contributed by atoms with E-state index < -0.39 is 0 Å². The van der Waals surface area contributed by atoms with Gasteiger partial charge in [-0.05, 0) is 51.0 Å². The van der Waals surface area contributed by atoms with Gasteiger partial charge in [0.1, 0.15) is 0 Å². The molecule has 2 heterocycles. The van der Waals surface area contributed by atoms with Crippen LogP contribution in [0.5, 0.6) is 0 Å². The van der Waals surface area contributed by atoms with Crippen LogP contribution in [0.25, 0.3) is 0 Å². The van der Waals surface area contributed by atoms with Crippen LogP contribution in [0.15, 0.2) is 30.5 Å². The van der Waals surface area contributed by atoms with Gasteiger partial charge in [-0.25, -0.2) is 0 Å². The second kappa shape index (κ2) is 8.65. The topological polar surface area (TPSA) is 57.2 Å². The third-order valence-electron chi connectivity index (χ3n) is 4.73. The van der Waals surface area contributed by atoms with E-state index in [9.17, 15) is 0 Å². The van der Waals surface area contributed by atoms with E-state index >= 15 is 0 Å². The second-order valence-electron chi connectivity index (χ2n) is 6.38. The third kappa shape index (κ3) is 4.59. The van der Waals surface area contributed by atoms with Crippen molar-refractivity contribution in [2.24, 2.45) is 0 Å². The Balaban J connectivity index is 1.69. The van der Waals surface area contributed by atoms with E-state index in [1.165, 1.54) is 31.4 Å². The Kier molecular flexibility index (Phi) is 6.04. The van der Waals surface area contributed by atoms with E-state index in [2.05, 4.69) is 68.4 Å². The third-order valence-corrected chi connectivity index (χ3v) is 4.73. The van der Waals surface area contributed by atoms with Crippen molar-refractivity contribution in [1.29, 1.82) is 0 Å². The average molecular weight is 340 g/mol. The molecule has 1 aromatic carbocycles. The zero-order chi connectivity index (χ0) is 17.5. The van der Waals surface area contributed by atoms with Gasteiger partial charge in [0.05, 0.1) is 6.20 Å². The van der Waals surface area contributed by atoms with Crippen LogP contribution in [-0.2, 0) is 0 Å². The van der Waals surface area contributed by atoms with E-state index in [1.54, 1.807) is 6.20 Å². The van der Waals surface area contributed by atoms with Crippen molar-refractivity contribution in [3.8, 4) is 0 Å². The largest absolute Gasteiger partial charge is 0.372 e. The van der Waals surface area contributed by atoms with Crippen molar-refractivity contribution < 1.29 is 0 Å². The Morgan fingerprint density at radius 3 is 2.32 bits per heavy atom. The van der Waals surface area contributed by atoms with E-state index in [-0.39, 0.29) is 0 Å². The van der Waals surface area contributed by atoms with Crippen molar-refractivity contribution >= 4 is 23.1 Å². The lowest BCUT2D eigenvalue weighted by Crippen LogP contribution is -2.25. The van der Waals surface area contributed by atoms with Gasteiger partial charge in [0, 0.05) is 37.6 Å². The zero-order valence-corrected chi connectivity index (χ0v) is 15.3. The lowest BCUT2D eigenvalue weighted by Gasteiger charge is -2.21. The van der Waals surface area contributed by atoms with Crippen LogP contribution in [0.3, 0.4) is 0 Å². The molecule has 1 aromatic heterocycles. The molecule has 6 heteroatoms. The molecule has 0 bridgehead atoms. The lowest BCUT2D eigenvalue weighted by atomic mass is 10.2. The summed E-state index contributed by atoms with van der Waals surface area (Å²) in [7, 11) is 0. The van der Waals surface area contributed by atoms with Crippen LogP contribution in [0.4, 0.5) is 23.1 Å². The van der Waals surface area contributed by atoms with Crippen LogP contribution in [0.2, 0.25) is 0 Å². The summed E-state index contributed by atoms with van der Waals surface area (Å²) in [6.45, 7) is 8.46. The van der Waals surface area contributed by atoms with E-state index in [0.29, 0.717) is 5.95 Å². The van der Waals surface area contributed by atoms with Gasteiger partial charge in [0.25, 0.3) is 0 Å². The first kappa shape index (κ1) is 17.5. The molecule has 3 rings (SSSR count). The normalized spacial score (nSPS) is 14.9. The molecule has 0 unspecified atom stereocenters. The van der Waals surface area contributed by atoms with Crippen molar-refractivity contribution in [3.05, 3.63) is 30.5 Å². The smallest absolute Gasteiger partial charge is 0.249 e. The second-order valence-corrected chi connectivity index (χ2v) is 6.38. The predicted molar refractivity (Wildman–Crippen MR) is 104 cm³/mol. The number of rotatable bonds is 6. The highest BCUT2D eigenvalue weighted by Gasteiger charge is 2.12. The summed E-state index contributed by atoms with van der Waals surface area (Å²) in [4.78, 5) is 9.29. The molecule has 0 atom stereocenters. The molecule has 0 saturated carbocycles. The molecular weight excluding hydrogens is 312 g/mol. The van der Waals surface area contributed by atoms with Gasteiger partial charge in [-0.2, -0.15) is 10.1 Å². The Morgan fingerprint density at radius 1 is 1.00 bits per heavy atom. The van der Waals surface area contributed by atoms with Crippen molar-refractivity contribution in [3.63, 3.8) is 0 Å². The van der Waals surface area contributed by atoms with Crippen LogP contribution in [-0.4, -0.2) is 41.4 Å². The standard InChI is InChI=1S/C19H28N6/c1-3-24(4-2)17-11-9-16(10-12-17)21-19-22-18(15-20-23-19)25-13-7-5-6-8-14-25/h9-12,15H,3-8,13-14H2,1-2H3,(H,21,22,23). The minimum absolute atomic E-state index is 0.553. The molecule has 1 N–H and O–H groups in total. The van der Waals surface area contributed by atoms with Crippen LogP contribution < -0.4 is 15.1 Å². The van der Waals surface area contributed by atoms with E-state index in [0.717, 1.165) is 37.7 Å². The van der Waals surface area contributed by atoms with Gasteiger partial charge >= 0.3 is 0 Å². The molecule has 1 fully saturated rings. The highest BCUT2D eigenvalue weighted by atomic mass is 15.3. The Morgan fingerprint density at radius 2 is 1.68 bits per heavy atom. The zero-order valence-electron chi connectivity index (χ0n) is 15.3. The number of anilines is 4. The molecule has 0 aliphatic carbocycles. The summed E-state index contributed by atoms with van der Waals surface area (Å²) in [6, 6.07) is 8.38. The summed E-state index contributed by atoms with van der Waals surface area (Å²) >= 11 is 0. The van der Waals surface area contributed by atoms with E-state index in [4.69, 9.17) is 0 Å². The minimum Gasteiger partial charge on any atom is -0.372 e. The van der Waals surface area contributed by atoms with Gasteiger partial charge in [0.15, 0.2) is 5.82 Å². The number of aromatic nitrogens is 3. The highest BCUT2D eigenvalue weighted by Crippen LogP contribution is 2.21. The first-order valence-electron chi connectivity index (χ1n) is 9.37. The molecule has 0 amide bonds. The SMILES string of the molecule is CCN(CC)c1ccc(Nc2nncc(N3CCCCCC3)n2)cc1. The molecule has 0 spiro atoms. The summed E-state index contributed by atoms with van der Waals surface area (Å²) in [5.41, 5.74) is 2.21. The number of nitrogens with one attached hydrogen (secondary N) is 1. The fourth-order valence-electron chi connectivity index (χ4n) is 3.27. The van der Waals surface area contributed by atoms with E-state index in [1.807, 2.05) is 0 Å². The first-order chi connectivity index (χ1) is 12.3. The molecule has 0 radical (unpaired) electrons. The monoisotopic (exact) mass is 340 g/mol. The van der Waals surface area contributed by atoms with Gasteiger partial charge in [0.2, 0.25) is 5.95 Å². The molecule has 25 heavy (non-hydrogen) atoms. The highest BCUT2D eigenvalue weighted by molar-refractivity contribution is 5.59. The van der Waals surface area contributed by atoms with Crippen LogP contribution in [0, 0.1) is 0 Å². The van der Waals surface area contributed by atoms with Gasteiger partial charge < -0.3 is 15.1 Å². The maximum absolute atomic E-state index is 4.65. The van der Waals surface area contributed by atoms with Crippen molar-refractivity contribution in [2.45, 2.75) is 39.5 Å². The van der Waals surface area contributed by atoms with Crippen molar-refractivity contribution in [2.75, 3.05) is 41.3 Å². The minimum atomic E-state index is 0.553. The number of hydrogen-bond acceptors (Lipinski definition) is 6. The lowest BCUT2D eigenvalue weighted by molar-refractivity contribution is 0.726. The molecule has 1 saturated heterocycles. The fourth-order valence-corrected chi connectivity index (χ4v) is 3.27. The molecule has 6 nitrogen and oxygen atoms in total. The number of benzene rings is 1. The maximum Gasteiger partial charge on any atom is 0.249 e. The Bertz CT molecular complexity index is 645.